The van der Waals surface area contributed by atoms with Gasteiger partial charge in [0.15, 0.2) is 9.84 Å². The summed E-state index contributed by atoms with van der Waals surface area (Å²) in [5, 5.41) is 3.61. The molecule has 4 nitrogen and oxygen atoms in total. The van der Waals surface area contributed by atoms with Gasteiger partial charge in [0.05, 0.1) is 4.90 Å². The fraction of sp³-hybridized carbons (Fsp3) is 0.625. The summed E-state index contributed by atoms with van der Waals surface area (Å²) in [6.45, 7) is 4.36. The Kier molecular flexibility index (Phi) is 4.33. The number of nitrogens with zero attached hydrogens (tertiary/aromatic N) is 1. The Labute approximate surface area is 127 Å². The first kappa shape index (κ1) is 15.0. The molecular formula is C16H24N2O2S. The lowest BCUT2D eigenvalue weighted by atomic mass is 10.1. The molecule has 3 rings (SSSR count). The number of nitrogens with one attached hydrogen (secondary N) is 1. The molecule has 1 heterocycles. The zero-order valence-corrected chi connectivity index (χ0v) is 13.4. The summed E-state index contributed by atoms with van der Waals surface area (Å²) < 4.78 is 22.9. The third-order valence-corrected chi connectivity index (χ3v) is 5.53. The van der Waals surface area contributed by atoms with Crippen molar-refractivity contribution >= 4 is 9.84 Å². The molecule has 2 aliphatic rings. The van der Waals surface area contributed by atoms with Crippen LogP contribution in [0.25, 0.3) is 0 Å². The predicted molar refractivity (Wildman–Crippen MR) is 84.0 cm³/mol. The van der Waals surface area contributed by atoms with E-state index in [0.29, 0.717) is 4.90 Å². The molecule has 0 bridgehead atoms. The number of benzene rings is 1. The van der Waals surface area contributed by atoms with Gasteiger partial charge in [-0.3, -0.25) is 4.90 Å². The molecule has 1 atom stereocenters. The third-order valence-electron chi connectivity index (χ3n) is 4.40. The highest BCUT2D eigenvalue weighted by atomic mass is 32.2. The van der Waals surface area contributed by atoms with Gasteiger partial charge in [-0.2, -0.15) is 0 Å². The van der Waals surface area contributed by atoms with Crippen molar-refractivity contribution in [3.8, 4) is 0 Å². The van der Waals surface area contributed by atoms with Crippen LogP contribution in [0.5, 0.6) is 0 Å². The van der Waals surface area contributed by atoms with Crippen molar-refractivity contribution in [3.63, 3.8) is 0 Å². The average Bonchev–Trinajstić information content (AvgIpc) is 3.16. The number of likely N-dealkylation sites (tertiary alicyclic amines) is 1. The fourth-order valence-corrected chi connectivity index (χ4v) is 3.57. The number of hydrogen-bond acceptors (Lipinski definition) is 4. The lowest BCUT2D eigenvalue weighted by Crippen LogP contribution is -2.27. The van der Waals surface area contributed by atoms with E-state index in [-0.39, 0.29) is 0 Å². The normalized spacial score (nSPS) is 23.6. The van der Waals surface area contributed by atoms with E-state index >= 15 is 0 Å². The summed E-state index contributed by atoms with van der Waals surface area (Å²) in [4.78, 5) is 2.87. The molecule has 116 valence electrons. The maximum atomic E-state index is 11.4. The zero-order chi connectivity index (χ0) is 14.9. The zero-order valence-electron chi connectivity index (χ0n) is 12.6. The van der Waals surface area contributed by atoms with Gasteiger partial charge in [-0.15, -0.1) is 0 Å². The first-order valence-corrected chi connectivity index (χ1v) is 9.64. The molecule has 1 aromatic rings. The second-order valence-corrected chi connectivity index (χ2v) is 8.50. The Morgan fingerprint density at radius 3 is 2.52 bits per heavy atom. The van der Waals surface area contributed by atoms with Crippen LogP contribution in [-0.2, 0) is 16.4 Å². The van der Waals surface area contributed by atoms with E-state index in [4.69, 9.17) is 0 Å². The van der Waals surface area contributed by atoms with Crippen LogP contribution >= 0.6 is 0 Å². The van der Waals surface area contributed by atoms with Gasteiger partial charge in [-0.25, -0.2) is 8.42 Å². The van der Waals surface area contributed by atoms with Crippen LogP contribution in [0, 0.1) is 5.92 Å². The monoisotopic (exact) mass is 308 g/mol. The third kappa shape index (κ3) is 4.28. The molecule has 2 fully saturated rings. The highest BCUT2D eigenvalue weighted by Gasteiger charge is 2.26. The van der Waals surface area contributed by atoms with Gasteiger partial charge in [-0.1, -0.05) is 12.1 Å². The Morgan fingerprint density at radius 2 is 1.90 bits per heavy atom. The molecule has 0 spiro atoms. The second-order valence-electron chi connectivity index (χ2n) is 6.49. The van der Waals surface area contributed by atoms with E-state index < -0.39 is 9.84 Å². The Morgan fingerprint density at radius 1 is 1.19 bits per heavy atom. The maximum Gasteiger partial charge on any atom is 0.175 e. The quantitative estimate of drug-likeness (QED) is 0.868. The molecule has 1 aliphatic heterocycles. The minimum atomic E-state index is -3.09. The first-order valence-electron chi connectivity index (χ1n) is 7.75. The van der Waals surface area contributed by atoms with Gasteiger partial charge in [0.25, 0.3) is 0 Å². The minimum Gasteiger partial charge on any atom is -0.314 e. The fourth-order valence-electron chi connectivity index (χ4n) is 2.94. The average molecular weight is 308 g/mol. The van der Waals surface area contributed by atoms with Crippen molar-refractivity contribution in [1.29, 1.82) is 0 Å². The van der Waals surface area contributed by atoms with E-state index in [1.807, 2.05) is 12.1 Å². The molecule has 1 aliphatic carbocycles. The molecule has 21 heavy (non-hydrogen) atoms. The highest BCUT2D eigenvalue weighted by molar-refractivity contribution is 7.90. The molecular weight excluding hydrogens is 284 g/mol. The van der Waals surface area contributed by atoms with Gasteiger partial charge in [0.1, 0.15) is 0 Å². The van der Waals surface area contributed by atoms with Crippen molar-refractivity contribution in [2.24, 2.45) is 5.92 Å². The predicted octanol–water partition coefficient (Wildman–Crippen LogP) is 1.66. The number of sulfone groups is 1. The van der Waals surface area contributed by atoms with Gasteiger partial charge in [0, 0.05) is 25.4 Å². The smallest absolute Gasteiger partial charge is 0.175 e. The topological polar surface area (TPSA) is 49.4 Å². The highest BCUT2D eigenvalue weighted by Crippen LogP contribution is 2.22. The van der Waals surface area contributed by atoms with E-state index in [1.54, 1.807) is 12.1 Å². The molecule has 0 aromatic heterocycles. The van der Waals surface area contributed by atoms with Crippen LogP contribution in [0.3, 0.4) is 0 Å². The summed E-state index contributed by atoms with van der Waals surface area (Å²) in [5.41, 5.74) is 1.19. The van der Waals surface area contributed by atoms with Crippen LogP contribution in [-0.4, -0.2) is 45.2 Å². The van der Waals surface area contributed by atoms with Crippen molar-refractivity contribution in [2.45, 2.75) is 36.7 Å². The van der Waals surface area contributed by atoms with Gasteiger partial charge in [0.2, 0.25) is 0 Å². The Bertz CT molecular complexity index is 579. The number of hydrogen-bond donors (Lipinski definition) is 1. The molecule has 1 unspecified atom stereocenters. The lowest BCUT2D eigenvalue weighted by Gasteiger charge is -2.16. The van der Waals surface area contributed by atoms with Gasteiger partial charge < -0.3 is 5.32 Å². The Balaban J connectivity index is 1.50. The van der Waals surface area contributed by atoms with Crippen LogP contribution in [0.15, 0.2) is 29.2 Å². The van der Waals surface area contributed by atoms with Crippen molar-refractivity contribution < 1.29 is 8.42 Å². The van der Waals surface area contributed by atoms with Gasteiger partial charge >= 0.3 is 0 Å². The summed E-state index contributed by atoms with van der Waals surface area (Å²) >= 11 is 0. The molecule has 1 saturated carbocycles. The van der Waals surface area contributed by atoms with Crippen LogP contribution in [0.2, 0.25) is 0 Å². The molecule has 0 amide bonds. The van der Waals surface area contributed by atoms with Crippen LogP contribution < -0.4 is 5.32 Å². The van der Waals surface area contributed by atoms with E-state index in [9.17, 15) is 8.42 Å². The van der Waals surface area contributed by atoms with E-state index in [0.717, 1.165) is 38.1 Å². The summed E-state index contributed by atoms with van der Waals surface area (Å²) in [6, 6.07) is 8.10. The van der Waals surface area contributed by atoms with Gasteiger partial charge in [-0.05, 0) is 56.0 Å². The molecule has 5 heteroatoms. The number of rotatable bonds is 6. The summed E-state index contributed by atoms with van der Waals surface area (Å²) in [7, 11) is -3.09. The molecule has 1 N–H and O–H groups in total. The van der Waals surface area contributed by atoms with Crippen LogP contribution in [0.1, 0.15) is 24.8 Å². The van der Waals surface area contributed by atoms with Crippen molar-refractivity contribution in [1.82, 2.24) is 10.2 Å². The second kappa shape index (κ2) is 6.07. The summed E-state index contributed by atoms with van der Waals surface area (Å²) in [6.07, 6.45) is 5.22. The van der Waals surface area contributed by atoms with Crippen LogP contribution in [0.4, 0.5) is 0 Å². The molecule has 0 radical (unpaired) electrons. The molecule has 1 aromatic carbocycles. The van der Waals surface area contributed by atoms with E-state index in [1.165, 1.54) is 31.1 Å². The maximum absolute atomic E-state index is 11.4. The minimum absolute atomic E-state index is 0.402. The van der Waals surface area contributed by atoms with Crippen molar-refractivity contribution in [3.05, 3.63) is 29.8 Å². The lowest BCUT2D eigenvalue weighted by molar-refractivity contribution is 0.314. The standard InChI is InChI=1S/C16H24N2O2S/c1-21(19,20)16-6-2-13(3-7-16)11-18-9-8-14(12-18)10-17-15-4-5-15/h2-3,6-7,14-15,17H,4-5,8-12H2,1H3. The molecule has 1 saturated heterocycles. The summed E-state index contributed by atoms with van der Waals surface area (Å²) in [5.74, 6) is 0.765. The largest absolute Gasteiger partial charge is 0.314 e. The van der Waals surface area contributed by atoms with E-state index in [2.05, 4.69) is 10.2 Å². The first-order chi connectivity index (χ1) is 10.0. The SMILES string of the molecule is CS(=O)(=O)c1ccc(CN2CCC(CNC3CC3)C2)cc1. The Hall–Kier alpha value is -0.910. The van der Waals surface area contributed by atoms with Crippen molar-refractivity contribution in [2.75, 3.05) is 25.9 Å².